The first-order chi connectivity index (χ1) is 9.36. The number of rotatable bonds is 4. The van der Waals surface area contributed by atoms with Crippen molar-refractivity contribution in [2.75, 3.05) is 13.2 Å². The maximum atomic E-state index is 5.94. The monoisotopic (exact) mass is 276 g/mol. The van der Waals surface area contributed by atoms with Crippen LogP contribution in [0.25, 0.3) is 0 Å². The van der Waals surface area contributed by atoms with Gasteiger partial charge in [0.15, 0.2) is 17.6 Å². The number of thiazole rings is 1. The average Bonchev–Trinajstić information content (AvgIpc) is 2.93. The van der Waals surface area contributed by atoms with Crippen LogP contribution in [0.4, 0.5) is 0 Å². The predicted molar refractivity (Wildman–Crippen MR) is 74.8 cm³/mol. The molecule has 2 aromatic rings. The molecule has 1 N–H and O–H groups in total. The summed E-state index contributed by atoms with van der Waals surface area (Å²) in [5.41, 5.74) is 1.06. The average molecular weight is 276 g/mol. The number of fused-ring (bicyclic) bond motifs is 1. The summed E-state index contributed by atoms with van der Waals surface area (Å²) in [5.74, 6) is 1.60. The van der Waals surface area contributed by atoms with Gasteiger partial charge in [-0.2, -0.15) is 0 Å². The lowest BCUT2D eigenvalue weighted by Gasteiger charge is -2.24. The van der Waals surface area contributed by atoms with Crippen LogP contribution in [0.3, 0.4) is 0 Å². The van der Waals surface area contributed by atoms with Crippen LogP contribution in [0.2, 0.25) is 0 Å². The SMILES string of the molecule is CCNCc1csc(C2COc3ccccc3O2)n1. The van der Waals surface area contributed by atoms with E-state index >= 15 is 0 Å². The minimum atomic E-state index is -0.102. The van der Waals surface area contributed by atoms with Crippen LogP contribution in [0.1, 0.15) is 23.7 Å². The first-order valence-electron chi connectivity index (χ1n) is 6.40. The Balaban J connectivity index is 1.72. The maximum Gasteiger partial charge on any atom is 0.184 e. The lowest BCUT2D eigenvalue weighted by Crippen LogP contribution is -2.21. The Morgan fingerprint density at radius 1 is 1.37 bits per heavy atom. The molecule has 0 amide bonds. The Hall–Kier alpha value is -1.59. The highest BCUT2D eigenvalue weighted by molar-refractivity contribution is 7.09. The van der Waals surface area contributed by atoms with Crippen LogP contribution >= 0.6 is 11.3 Å². The van der Waals surface area contributed by atoms with Crippen LogP contribution in [-0.2, 0) is 6.54 Å². The third-order valence-corrected chi connectivity index (χ3v) is 3.90. The molecule has 0 bridgehead atoms. The molecular formula is C14H16N2O2S. The summed E-state index contributed by atoms with van der Waals surface area (Å²) in [6, 6.07) is 7.74. The van der Waals surface area contributed by atoms with Crippen molar-refractivity contribution in [3.63, 3.8) is 0 Å². The van der Waals surface area contributed by atoms with Gasteiger partial charge >= 0.3 is 0 Å². The standard InChI is InChI=1S/C14H16N2O2S/c1-2-15-7-10-9-19-14(16-10)13-8-17-11-5-3-4-6-12(11)18-13/h3-6,9,13,15H,2,7-8H2,1H3. The van der Waals surface area contributed by atoms with Crippen molar-refractivity contribution in [2.45, 2.75) is 19.6 Å². The molecule has 5 heteroatoms. The van der Waals surface area contributed by atoms with Crippen molar-refractivity contribution in [1.82, 2.24) is 10.3 Å². The Morgan fingerprint density at radius 2 is 2.21 bits per heavy atom. The molecule has 100 valence electrons. The quantitative estimate of drug-likeness (QED) is 0.932. The van der Waals surface area contributed by atoms with Crippen molar-refractivity contribution in [2.24, 2.45) is 0 Å². The summed E-state index contributed by atoms with van der Waals surface area (Å²) in [6.45, 7) is 4.36. The number of hydrogen-bond donors (Lipinski definition) is 1. The minimum absolute atomic E-state index is 0.102. The van der Waals surface area contributed by atoms with Gasteiger partial charge in [-0.3, -0.25) is 0 Å². The third kappa shape index (κ3) is 2.72. The molecule has 1 atom stereocenters. The van der Waals surface area contributed by atoms with Gasteiger partial charge in [0.05, 0.1) is 5.69 Å². The molecule has 0 saturated heterocycles. The van der Waals surface area contributed by atoms with E-state index in [1.165, 1.54) is 0 Å². The second kappa shape index (κ2) is 5.59. The van der Waals surface area contributed by atoms with E-state index in [0.29, 0.717) is 6.61 Å². The highest BCUT2D eigenvalue weighted by atomic mass is 32.1. The van der Waals surface area contributed by atoms with Crippen LogP contribution < -0.4 is 14.8 Å². The van der Waals surface area contributed by atoms with Gasteiger partial charge in [0, 0.05) is 11.9 Å². The van der Waals surface area contributed by atoms with Gasteiger partial charge in [-0.05, 0) is 18.7 Å². The summed E-state index contributed by atoms with van der Waals surface area (Å²) >= 11 is 1.63. The van der Waals surface area contributed by atoms with Gasteiger partial charge in [0.2, 0.25) is 0 Å². The van der Waals surface area contributed by atoms with Crippen LogP contribution in [0, 0.1) is 0 Å². The van der Waals surface area contributed by atoms with Gasteiger partial charge in [-0.25, -0.2) is 4.98 Å². The lowest BCUT2D eigenvalue weighted by atomic mass is 10.2. The molecule has 1 unspecified atom stereocenters. The topological polar surface area (TPSA) is 43.4 Å². The fourth-order valence-electron chi connectivity index (χ4n) is 1.95. The summed E-state index contributed by atoms with van der Waals surface area (Å²) < 4.78 is 11.6. The number of para-hydroxylation sites is 2. The molecule has 3 rings (SSSR count). The van der Waals surface area contributed by atoms with E-state index in [1.807, 2.05) is 24.3 Å². The summed E-state index contributed by atoms with van der Waals surface area (Å²) in [5, 5.41) is 6.31. The molecule has 0 aliphatic carbocycles. The van der Waals surface area contributed by atoms with E-state index < -0.39 is 0 Å². The molecule has 1 aliphatic heterocycles. The molecule has 0 spiro atoms. The Morgan fingerprint density at radius 3 is 3.05 bits per heavy atom. The molecule has 2 heterocycles. The van der Waals surface area contributed by atoms with Crippen LogP contribution in [-0.4, -0.2) is 18.1 Å². The zero-order valence-corrected chi connectivity index (χ0v) is 11.6. The van der Waals surface area contributed by atoms with Crippen LogP contribution in [0.5, 0.6) is 11.5 Å². The van der Waals surface area contributed by atoms with Crippen molar-refractivity contribution < 1.29 is 9.47 Å². The van der Waals surface area contributed by atoms with E-state index in [2.05, 4.69) is 22.6 Å². The molecule has 1 aromatic carbocycles. The zero-order valence-electron chi connectivity index (χ0n) is 10.8. The normalized spacial score (nSPS) is 17.4. The molecule has 0 radical (unpaired) electrons. The van der Waals surface area contributed by atoms with E-state index in [1.54, 1.807) is 11.3 Å². The van der Waals surface area contributed by atoms with Gasteiger partial charge in [-0.15, -0.1) is 11.3 Å². The predicted octanol–water partition coefficient (Wildman–Crippen LogP) is 2.77. The van der Waals surface area contributed by atoms with Gasteiger partial charge in [0.25, 0.3) is 0 Å². The second-order valence-corrected chi connectivity index (χ2v) is 5.21. The zero-order chi connectivity index (χ0) is 13.1. The third-order valence-electron chi connectivity index (χ3n) is 2.91. The van der Waals surface area contributed by atoms with E-state index in [-0.39, 0.29) is 6.10 Å². The molecule has 0 saturated carbocycles. The lowest BCUT2D eigenvalue weighted by molar-refractivity contribution is 0.0910. The van der Waals surface area contributed by atoms with Gasteiger partial charge in [-0.1, -0.05) is 19.1 Å². The molecule has 1 aliphatic rings. The number of hydrogen-bond acceptors (Lipinski definition) is 5. The molecule has 1 aromatic heterocycles. The van der Waals surface area contributed by atoms with Gasteiger partial charge in [0.1, 0.15) is 11.6 Å². The molecule has 0 fully saturated rings. The Labute approximate surface area is 116 Å². The van der Waals surface area contributed by atoms with Crippen molar-refractivity contribution >= 4 is 11.3 Å². The first-order valence-corrected chi connectivity index (χ1v) is 7.28. The number of nitrogens with one attached hydrogen (secondary N) is 1. The van der Waals surface area contributed by atoms with Gasteiger partial charge < -0.3 is 14.8 Å². The fraction of sp³-hybridized carbons (Fsp3) is 0.357. The van der Waals surface area contributed by atoms with Crippen LogP contribution in [0.15, 0.2) is 29.6 Å². The summed E-state index contributed by atoms with van der Waals surface area (Å²) in [6.07, 6.45) is -0.102. The second-order valence-electron chi connectivity index (χ2n) is 4.32. The summed E-state index contributed by atoms with van der Waals surface area (Å²) in [7, 11) is 0. The minimum Gasteiger partial charge on any atom is -0.485 e. The smallest absolute Gasteiger partial charge is 0.184 e. The first kappa shape index (κ1) is 12.4. The number of aromatic nitrogens is 1. The molecular weight excluding hydrogens is 260 g/mol. The van der Waals surface area contributed by atoms with Crippen molar-refractivity contribution in [3.8, 4) is 11.5 Å². The Bertz CT molecular complexity index is 556. The number of benzene rings is 1. The highest BCUT2D eigenvalue weighted by Gasteiger charge is 2.24. The van der Waals surface area contributed by atoms with E-state index in [9.17, 15) is 0 Å². The summed E-state index contributed by atoms with van der Waals surface area (Å²) in [4.78, 5) is 4.60. The highest BCUT2D eigenvalue weighted by Crippen LogP contribution is 2.36. The molecule has 19 heavy (non-hydrogen) atoms. The van der Waals surface area contributed by atoms with E-state index in [0.717, 1.165) is 35.3 Å². The Kier molecular flexibility index (Phi) is 3.66. The number of ether oxygens (including phenoxy) is 2. The van der Waals surface area contributed by atoms with Crippen molar-refractivity contribution in [3.05, 3.63) is 40.3 Å². The fourth-order valence-corrected chi connectivity index (χ4v) is 2.78. The number of nitrogens with zero attached hydrogens (tertiary/aromatic N) is 1. The van der Waals surface area contributed by atoms with E-state index in [4.69, 9.17) is 9.47 Å². The largest absolute Gasteiger partial charge is 0.485 e. The maximum absolute atomic E-state index is 5.94. The molecule has 4 nitrogen and oxygen atoms in total. The van der Waals surface area contributed by atoms with Crippen molar-refractivity contribution in [1.29, 1.82) is 0 Å².